The van der Waals surface area contributed by atoms with E-state index in [1.54, 1.807) is 40.0 Å². The SMILES string of the molecule is CSC1C(NC(=O)c2ccccc2C(=O)O)C(=O)N1C(C)C(=O)OC(C)(C)C. The molecule has 2 N–H and O–H groups in total. The van der Waals surface area contributed by atoms with Gasteiger partial charge in [-0.15, -0.1) is 11.8 Å². The lowest BCUT2D eigenvalue weighted by molar-refractivity contribution is -0.170. The maximum Gasteiger partial charge on any atom is 0.336 e. The van der Waals surface area contributed by atoms with Crippen LogP contribution in [0.3, 0.4) is 0 Å². The molecule has 152 valence electrons. The highest BCUT2D eigenvalue weighted by Gasteiger charge is 2.52. The Kier molecular flexibility index (Phi) is 6.38. The first-order valence-electron chi connectivity index (χ1n) is 8.69. The Morgan fingerprint density at radius 2 is 1.79 bits per heavy atom. The molecule has 3 unspecified atom stereocenters. The lowest BCUT2D eigenvalue weighted by Crippen LogP contribution is -2.72. The van der Waals surface area contributed by atoms with Crippen LogP contribution in [0.1, 0.15) is 48.4 Å². The molecule has 1 aromatic rings. The number of carbonyl (C=O) groups excluding carboxylic acids is 3. The van der Waals surface area contributed by atoms with Crippen LogP contribution in [0.4, 0.5) is 0 Å². The molecule has 1 aromatic carbocycles. The van der Waals surface area contributed by atoms with Crippen molar-refractivity contribution in [3.63, 3.8) is 0 Å². The fourth-order valence-electron chi connectivity index (χ4n) is 2.87. The minimum atomic E-state index is -1.23. The Morgan fingerprint density at radius 3 is 2.29 bits per heavy atom. The molecule has 0 saturated carbocycles. The Bertz CT molecular complexity index is 804. The summed E-state index contributed by atoms with van der Waals surface area (Å²) in [4.78, 5) is 50.1. The van der Waals surface area contributed by atoms with Gasteiger partial charge in [-0.25, -0.2) is 9.59 Å². The van der Waals surface area contributed by atoms with E-state index in [1.165, 1.54) is 34.9 Å². The predicted octanol–water partition coefficient (Wildman–Crippen LogP) is 1.74. The zero-order chi connectivity index (χ0) is 21.2. The third kappa shape index (κ3) is 4.46. The van der Waals surface area contributed by atoms with E-state index in [0.29, 0.717) is 0 Å². The summed E-state index contributed by atoms with van der Waals surface area (Å²) in [5.41, 5.74) is -0.852. The van der Waals surface area contributed by atoms with Crippen LogP contribution in [-0.2, 0) is 14.3 Å². The summed E-state index contributed by atoms with van der Waals surface area (Å²) in [6, 6.07) is 4.12. The fourth-order valence-corrected chi connectivity index (χ4v) is 3.84. The lowest BCUT2D eigenvalue weighted by atomic mass is 10.0. The van der Waals surface area contributed by atoms with Crippen molar-refractivity contribution in [1.82, 2.24) is 10.2 Å². The first-order valence-corrected chi connectivity index (χ1v) is 9.97. The number of carboxylic acids is 1. The normalized spacial score (nSPS) is 20.2. The van der Waals surface area contributed by atoms with Crippen molar-refractivity contribution in [2.24, 2.45) is 0 Å². The van der Waals surface area contributed by atoms with E-state index in [9.17, 15) is 24.3 Å². The van der Waals surface area contributed by atoms with Gasteiger partial charge in [0.15, 0.2) is 0 Å². The molecule has 9 heteroatoms. The van der Waals surface area contributed by atoms with Crippen LogP contribution in [0.2, 0.25) is 0 Å². The Morgan fingerprint density at radius 1 is 1.21 bits per heavy atom. The van der Waals surface area contributed by atoms with Crippen LogP contribution < -0.4 is 5.32 Å². The van der Waals surface area contributed by atoms with E-state index < -0.39 is 46.8 Å². The summed E-state index contributed by atoms with van der Waals surface area (Å²) < 4.78 is 5.33. The number of carboxylic acid groups (broad SMARTS) is 1. The van der Waals surface area contributed by atoms with Crippen LogP contribution in [0, 0.1) is 0 Å². The minimum absolute atomic E-state index is 0.0266. The predicted molar refractivity (Wildman–Crippen MR) is 104 cm³/mol. The van der Waals surface area contributed by atoms with Crippen LogP contribution >= 0.6 is 11.8 Å². The number of nitrogens with zero attached hydrogens (tertiary/aromatic N) is 1. The van der Waals surface area contributed by atoms with Gasteiger partial charge < -0.3 is 20.1 Å². The number of hydrogen-bond acceptors (Lipinski definition) is 6. The molecule has 1 aliphatic heterocycles. The van der Waals surface area contributed by atoms with Crippen molar-refractivity contribution >= 4 is 35.5 Å². The summed E-state index contributed by atoms with van der Waals surface area (Å²) in [5.74, 6) is -2.83. The highest BCUT2D eigenvalue weighted by molar-refractivity contribution is 7.99. The molecule has 0 bridgehead atoms. The fraction of sp³-hybridized carbons (Fsp3) is 0.474. The first-order chi connectivity index (χ1) is 13.0. The average Bonchev–Trinajstić information content (AvgIpc) is 2.61. The number of rotatable bonds is 6. The van der Waals surface area contributed by atoms with Gasteiger partial charge in [0.25, 0.3) is 5.91 Å². The van der Waals surface area contributed by atoms with Crippen molar-refractivity contribution in [1.29, 1.82) is 0 Å². The number of thioether (sulfide) groups is 1. The van der Waals surface area contributed by atoms with Crippen LogP contribution in [0.25, 0.3) is 0 Å². The van der Waals surface area contributed by atoms with Crippen LogP contribution in [-0.4, -0.2) is 63.1 Å². The maximum absolute atomic E-state index is 12.6. The van der Waals surface area contributed by atoms with E-state index in [1.807, 2.05) is 0 Å². The molecule has 2 rings (SSSR count). The first kappa shape index (κ1) is 21.7. The Hall–Kier alpha value is -2.55. The van der Waals surface area contributed by atoms with Gasteiger partial charge in [-0.2, -0.15) is 0 Å². The monoisotopic (exact) mass is 408 g/mol. The summed E-state index contributed by atoms with van der Waals surface area (Å²) in [6.07, 6.45) is 1.76. The largest absolute Gasteiger partial charge is 0.478 e. The zero-order valence-corrected chi connectivity index (χ0v) is 17.2. The van der Waals surface area contributed by atoms with Crippen molar-refractivity contribution < 1.29 is 29.0 Å². The quantitative estimate of drug-likeness (QED) is 0.544. The summed E-state index contributed by atoms with van der Waals surface area (Å²) in [6.45, 7) is 6.80. The molecule has 1 heterocycles. The van der Waals surface area contributed by atoms with Gasteiger partial charge >= 0.3 is 11.9 Å². The highest BCUT2D eigenvalue weighted by Crippen LogP contribution is 2.31. The molecular formula is C19H24N2O6S. The summed E-state index contributed by atoms with van der Waals surface area (Å²) in [7, 11) is 0. The molecule has 8 nitrogen and oxygen atoms in total. The van der Waals surface area contributed by atoms with E-state index in [2.05, 4.69) is 5.32 Å². The maximum atomic E-state index is 12.6. The molecule has 1 aliphatic rings. The summed E-state index contributed by atoms with van der Waals surface area (Å²) in [5, 5.41) is 11.4. The third-order valence-corrected chi connectivity index (χ3v) is 5.16. The van der Waals surface area contributed by atoms with Gasteiger partial charge in [0.1, 0.15) is 23.1 Å². The molecule has 0 aliphatic carbocycles. The second-order valence-electron chi connectivity index (χ2n) is 7.38. The van der Waals surface area contributed by atoms with Gasteiger partial charge in [-0.05, 0) is 46.1 Å². The van der Waals surface area contributed by atoms with Gasteiger partial charge in [-0.1, -0.05) is 12.1 Å². The number of nitrogens with one attached hydrogen (secondary N) is 1. The topological polar surface area (TPSA) is 113 Å². The number of ether oxygens (including phenoxy) is 1. The van der Waals surface area contributed by atoms with Gasteiger partial charge in [-0.3, -0.25) is 9.59 Å². The molecule has 0 spiro atoms. The number of β-lactam (4-membered cyclic amide) rings is 1. The van der Waals surface area contributed by atoms with Gasteiger partial charge in [0, 0.05) is 0 Å². The Balaban J connectivity index is 2.13. The number of likely N-dealkylation sites (tertiary alicyclic amines) is 1. The third-order valence-electron chi connectivity index (χ3n) is 4.18. The smallest absolute Gasteiger partial charge is 0.336 e. The number of aromatic carboxylic acids is 1. The van der Waals surface area contributed by atoms with Gasteiger partial charge in [0.05, 0.1) is 11.1 Å². The standard InChI is InChI=1S/C19H24N2O6S/c1-10(18(26)27-19(2,3)4)21-15(23)13(16(21)28-5)20-14(22)11-8-6-7-9-12(11)17(24)25/h6-10,13,16H,1-5H3,(H,20,22)(H,24,25). The van der Waals surface area contributed by atoms with Crippen molar-refractivity contribution in [3.05, 3.63) is 35.4 Å². The van der Waals surface area contributed by atoms with Gasteiger partial charge in [0.2, 0.25) is 5.91 Å². The van der Waals surface area contributed by atoms with Crippen molar-refractivity contribution in [3.8, 4) is 0 Å². The molecule has 0 aromatic heterocycles. The molecular weight excluding hydrogens is 384 g/mol. The Labute approximate surface area is 167 Å². The van der Waals surface area contributed by atoms with Crippen molar-refractivity contribution in [2.75, 3.05) is 6.26 Å². The number of carbonyl (C=O) groups is 4. The molecule has 0 radical (unpaired) electrons. The number of benzene rings is 1. The minimum Gasteiger partial charge on any atom is -0.478 e. The molecule has 1 saturated heterocycles. The number of esters is 1. The average molecular weight is 408 g/mol. The number of hydrogen-bond donors (Lipinski definition) is 2. The second kappa shape index (κ2) is 8.22. The molecule has 3 atom stereocenters. The summed E-state index contributed by atoms with van der Waals surface area (Å²) >= 11 is 1.31. The van der Waals surface area contributed by atoms with E-state index >= 15 is 0 Å². The molecule has 1 fully saturated rings. The zero-order valence-electron chi connectivity index (χ0n) is 16.4. The van der Waals surface area contributed by atoms with E-state index in [4.69, 9.17) is 4.74 Å². The lowest BCUT2D eigenvalue weighted by Gasteiger charge is -2.48. The van der Waals surface area contributed by atoms with Crippen LogP contribution in [0.5, 0.6) is 0 Å². The van der Waals surface area contributed by atoms with E-state index in [-0.39, 0.29) is 11.1 Å². The molecule has 2 amide bonds. The van der Waals surface area contributed by atoms with Crippen LogP contribution in [0.15, 0.2) is 24.3 Å². The second-order valence-corrected chi connectivity index (χ2v) is 8.34. The van der Waals surface area contributed by atoms with E-state index in [0.717, 1.165) is 0 Å². The number of amides is 2. The highest BCUT2D eigenvalue weighted by atomic mass is 32.2. The molecule has 28 heavy (non-hydrogen) atoms. The van der Waals surface area contributed by atoms with Crippen molar-refractivity contribution in [2.45, 2.75) is 50.8 Å².